The Labute approximate surface area is 123 Å². The second kappa shape index (κ2) is 5.65. The SMILES string of the molecule is CCN(C(=O)c1cn(C2CNC2)nn1)c1ccc(C)cc1. The number of benzene rings is 1. The molecular formula is C15H19N5O. The quantitative estimate of drug-likeness (QED) is 0.922. The Kier molecular flexibility index (Phi) is 3.70. The van der Waals surface area contributed by atoms with Gasteiger partial charge in [0.05, 0.1) is 12.2 Å². The Morgan fingerprint density at radius 3 is 2.67 bits per heavy atom. The summed E-state index contributed by atoms with van der Waals surface area (Å²) < 4.78 is 1.77. The van der Waals surface area contributed by atoms with E-state index in [1.165, 1.54) is 5.56 Å². The number of aryl methyl sites for hydroxylation is 1. The fourth-order valence-electron chi connectivity index (χ4n) is 2.32. The highest BCUT2D eigenvalue weighted by molar-refractivity contribution is 6.04. The van der Waals surface area contributed by atoms with Crippen LogP contribution in [0.4, 0.5) is 5.69 Å². The molecule has 1 saturated heterocycles. The minimum Gasteiger partial charge on any atom is -0.312 e. The first kappa shape index (κ1) is 13.8. The third-order valence-electron chi connectivity index (χ3n) is 3.77. The van der Waals surface area contributed by atoms with Gasteiger partial charge in [-0.1, -0.05) is 22.9 Å². The maximum absolute atomic E-state index is 12.6. The van der Waals surface area contributed by atoms with Crippen LogP contribution in [-0.2, 0) is 0 Å². The fraction of sp³-hybridized carbons (Fsp3) is 0.400. The molecule has 6 nitrogen and oxygen atoms in total. The van der Waals surface area contributed by atoms with Crippen LogP contribution in [0.15, 0.2) is 30.5 Å². The predicted molar refractivity (Wildman–Crippen MR) is 80.5 cm³/mol. The van der Waals surface area contributed by atoms with Crippen LogP contribution in [0, 0.1) is 6.92 Å². The summed E-state index contributed by atoms with van der Waals surface area (Å²) in [7, 11) is 0. The van der Waals surface area contributed by atoms with Crippen LogP contribution < -0.4 is 10.2 Å². The van der Waals surface area contributed by atoms with Gasteiger partial charge in [-0.2, -0.15) is 0 Å². The topological polar surface area (TPSA) is 63.1 Å². The molecule has 1 N–H and O–H groups in total. The van der Waals surface area contributed by atoms with Crippen LogP contribution in [0.2, 0.25) is 0 Å². The Balaban J connectivity index is 1.81. The van der Waals surface area contributed by atoms with Crippen molar-refractivity contribution in [3.05, 3.63) is 41.7 Å². The van der Waals surface area contributed by atoms with Gasteiger partial charge >= 0.3 is 0 Å². The Bertz CT molecular complexity index is 630. The largest absolute Gasteiger partial charge is 0.312 e. The summed E-state index contributed by atoms with van der Waals surface area (Å²) in [5.74, 6) is -0.111. The molecule has 1 aromatic heterocycles. The van der Waals surface area contributed by atoms with E-state index in [1.807, 2.05) is 38.1 Å². The molecule has 2 heterocycles. The van der Waals surface area contributed by atoms with Gasteiger partial charge in [0.2, 0.25) is 0 Å². The first-order valence-corrected chi connectivity index (χ1v) is 7.20. The average molecular weight is 285 g/mol. The molecule has 0 bridgehead atoms. The molecule has 6 heteroatoms. The van der Waals surface area contributed by atoms with Crippen molar-refractivity contribution in [2.75, 3.05) is 24.5 Å². The monoisotopic (exact) mass is 285 g/mol. The third kappa shape index (κ3) is 2.67. The number of aromatic nitrogens is 3. The van der Waals surface area contributed by atoms with Crippen LogP contribution in [0.1, 0.15) is 29.0 Å². The first-order chi connectivity index (χ1) is 10.2. The van der Waals surface area contributed by atoms with Gasteiger partial charge in [0.1, 0.15) is 0 Å². The van der Waals surface area contributed by atoms with Crippen molar-refractivity contribution >= 4 is 11.6 Å². The maximum Gasteiger partial charge on any atom is 0.280 e. The number of nitrogens with one attached hydrogen (secondary N) is 1. The number of hydrogen-bond acceptors (Lipinski definition) is 4. The van der Waals surface area contributed by atoms with Crippen LogP contribution in [0.25, 0.3) is 0 Å². The molecule has 2 aromatic rings. The van der Waals surface area contributed by atoms with Crippen LogP contribution in [-0.4, -0.2) is 40.5 Å². The second-order valence-corrected chi connectivity index (χ2v) is 5.28. The number of anilines is 1. The molecule has 21 heavy (non-hydrogen) atoms. The second-order valence-electron chi connectivity index (χ2n) is 5.28. The summed E-state index contributed by atoms with van der Waals surface area (Å²) >= 11 is 0. The van der Waals surface area contributed by atoms with Gasteiger partial charge in [-0.25, -0.2) is 4.68 Å². The molecular weight excluding hydrogens is 266 g/mol. The molecule has 1 fully saturated rings. The molecule has 110 valence electrons. The lowest BCUT2D eigenvalue weighted by Crippen LogP contribution is -2.43. The van der Waals surface area contributed by atoms with E-state index in [0.29, 0.717) is 18.3 Å². The molecule has 0 radical (unpaired) electrons. The van der Waals surface area contributed by atoms with Crippen molar-refractivity contribution < 1.29 is 4.79 Å². The summed E-state index contributed by atoms with van der Waals surface area (Å²) in [5, 5.41) is 11.3. The molecule has 1 aliphatic heterocycles. The van der Waals surface area contributed by atoms with Crippen molar-refractivity contribution in [1.29, 1.82) is 0 Å². The highest BCUT2D eigenvalue weighted by atomic mass is 16.2. The molecule has 0 atom stereocenters. The zero-order valence-electron chi connectivity index (χ0n) is 12.3. The molecule has 0 unspecified atom stereocenters. The van der Waals surface area contributed by atoms with Crippen LogP contribution in [0.5, 0.6) is 0 Å². The first-order valence-electron chi connectivity index (χ1n) is 7.20. The lowest BCUT2D eigenvalue weighted by Gasteiger charge is -2.26. The van der Waals surface area contributed by atoms with Gasteiger partial charge in [-0.15, -0.1) is 5.10 Å². The highest BCUT2D eigenvalue weighted by Crippen LogP contribution is 2.18. The molecule has 0 spiro atoms. The Hall–Kier alpha value is -2.21. The minimum atomic E-state index is -0.111. The number of carbonyl (C=O) groups excluding carboxylic acids is 1. The van der Waals surface area contributed by atoms with Gasteiger partial charge in [-0.05, 0) is 26.0 Å². The van der Waals surface area contributed by atoms with Crippen molar-refractivity contribution in [3.8, 4) is 0 Å². The van der Waals surface area contributed by atoms with Gasteiger partial charge in [0.15, 0.2) is 5.69 Å². The average Bonchev–Trinajstić information content (AvgIpc) is 2.89. The van der Waals surface area contributed by atoms with Crippen molar-refractivity contribution in [1.82, 2.24) is 20.3 Å². The number of rotatable bonds is 4. The summed E-state index contributed by atoms with van der Waals surface area (Å²) in [5.41, 5.74) is 2.45. The normalized spacial score (nSPS) is 14.8. The van der Waals surface area contributed by atoms with Gasteiger partial charge in [-0.3, -0.25) is 4.79 Å². The van der Waals surface area contributed by atoms with Gasteiger partial charge in [0, 0.05) is 25.3 Å². The van der Waals surface area contributed by atoms with E-state index in [9.17, 15) is 4.79 Å². The maximum atomic E-state index is 12.6. The lowest BCUT2D eigenvalue weighted by atomic mass is 10.2. The van der Waals surface area contributed by atoms with Crippen molar-refractivity contribution in [2.24, 2.45) is 0 Å². The molecule has 0 saturated carbocycles. The van der Waals surface area contributed by atoms with E-state index in [2.05, 4.69) is 15.6 Å². The Morgan fingerprint density at radius 1 is 1.38 bits per heavy atom. The van der Waals surface area contributed by atoms with Crippen molar-refractivity contribution in [3.63, 3.8) is 0 Å². The van der Waals surface area contributed by atoms with E-state index in [1.54, 1.807) is 15.8 Å². The lowest BCUT2D eigenvalue weighted by molar-refractivity contribution is 0.0983. The summed E-state index contributed by atoms with van der Waals surface area (Å²) in [6.45, 7) is 6.34. The fourth-order valence-corrected chi connectivity index (χ4v) is 2.32. The molecule has 0 aliphatic carbocycles. The summed E-state index contributed by atoms with van der Waals surface area (Å²) in [6, 6.07) is 8.23. The predicted octanol–water partition coefficient (Wildman–Crippen LogP) is 1.40. The number of carbonyl (C=O) groups is 1. The molecule has 1 amide bonds. The molecule has 1 aliphatic rings. The van der Waals surface area contributed by atoms with Gasteiger partial charge in [0.25, 0.3) is 5.91 Å². The summed E-state index contributed by atoms with van der Waals surface area (Å²) in [4.78, 5) is 14.3. The highest BCUT2D eigenvalue weighted by Gasteiger charge is 2.24. The van der Waals surface area contributed by atoms with Crippen LogP contribution in [0.3, 0.4) is 0 Å². The summed E-state index contributed by atoms with van der Waals surface area (Å²) in [6.07, 6.45) is 1.74. The molecule has 1 aromatic carbocycles. The van der Waals surface area contributed by atoms with E-state index in [0.717, 1.165) is 18.8 Å². The van der Waals surface area contributed by atoms with Crippen molar-refractivity contribution in [2.45, 2.75) is 19.9 Å². The van der Waals surface area contributed by atoms with Gasteiger partial charge < -0.3 is 10.2 Å². The standard InChI is InChI=1S/C15H19N5O/c1-3-19(12-6-4-11(2)5-7-12)15(21)14-10-20(18-17-14)13-8-16-9-13/h4-7,10,13,16H,3,8-9H2,1-2H3. The van der Waals surface area contributed by atoms with Crippen LogP contribution >= 0.6 is 0 Å². The Morgan fingerprint density at radius 2 is 2.10 bits per heavy atom. The van der Waals surface area contributed by atoms with E-state index in [-0.39, 0.29) is 5.91 Å². The third-order valence-corrected chi connectivity index (χ3v) is 3.77. The molecule has 3 rings (SSSR count). The smallest absolute Gasteiger partial charge is 0.280 e. The zero-order valence-corrected chi connectivity index (χ0v) is 12.3. The van der Waals surface area contributed by atoms with E-state index >= 15 is 0 Å². The number of hydrogen-bond donors (Lipinski definition) is 1. The number of nitrogens with zero attached hydrogens (tertiary/aromatic N) is 4. The zero-order chi connectivity index (χ0) is 14.8. The van der Waals surface area contributed by atoms with E-state index in [4.69, 9.17) is 0 Å². The van der Waals surface area contributed by atoms with E-state index < -0.39 is 0 Å². The number of amides is 1. The minimum absolute atomic E-state index is 0.111.